The smallest absolute Gasteiger partial charge is 0.176 e. The normalized spacial score (nSPS) is 10.3. The van der Waals surface area contributed by atoms with E-state index in [1.54, 1.807) is 0 Å². The molecule has 1 aromatic heterocycles. The van der Waals surface area contributed by atoms with Crippen molar-refractivity contribution >= 4 is 44.0 Å². The van der Waals surface area contributed by atoms with Gasteiger partial charge in [-0.05, 0) is 34.7 Å². The zero-order valence-corrected chi connectivity index (χ0v) is 10.1. The number of hydrogen-bond acceptors (Lipinski definition) is 3. The average molecular weight is 315 g/mol. The summed E-state index contributed by atoms with van der Waals surface area (Å²) in [6, 6.07) is 8.02. The van der Waals surface area contributed by atoms with Crippen molar-refractivity contribution in [3.05, 3.63) is 27.3 Å². The molecule has 0 spiro atoms. The highest BCUT2D eigenvalue weighted by Gasteiger charge is 2.10. The largest absolute Gasteiger partial charge is 0.499 e. The van der Waals surface area contributed by atoms with Gasteiger partial charge in [0.15, 0.2) is 5.06 Å². The summed E-state index contributed by atoms with van der Waals surface area (Å²) in [5.41, 5.74) is 0.754. The molecule has 0 saturated carbocycles. The first-order chi connectivity index (χ1) is 6.72. The van der Waals surface area contributed by atoms with Crippen LogP contribution in [0.5, 0.6) is 5.06 Å². The lowest BCUT2D eigenvalue weighted by molar-refractivity contribution is 0.486. The van der Waals surface area contributed by atoms with Crippen LogP contribution < -0.4 is 0 Å². The van der Waals surface area contributed by atoms with Crippen molar-refractivity contribution in [3.8, 4) is 11.1 Å². The lowest BCUT2D eigenvalue weighted by Crippen LogP contribution is -1.78. The average Bonchev–Trinajstić information content (AvgIpc) is 2.43. The molecule has 0 bridgehead atoms. The molecule has 0 saturated heterocycles. The van der Waals surface area contributed by atoms with Gasteiger partial charge in [0.05, 0.1) is 12.5 Å². The second-order valence-electron chi connectivity index (χ2n) is 2.86. The molecule has 2 rings (SSSR count). The van der Waals surface area contributed by atoms with Gasteiger partial charge >= 0.3 is 0 Å². The maximum Gasteiger partial charge on any atom is 0.176 e. The molecule has 0 radical (unpaired) electrons. The molecule has 0 aliphatic heterocycles. The Morgan fingerprint density at radius 2 is 2.29 bits per heavy atom. The van der Waals surface area contributed by atoms with Crippen LogP contribution in [0.3, 0.4) is 0 Å². The molecular weight excluding hydrogens is 309 g/mol. The summed E-state index contributed by atoms with van der Waals surface area (Å²) >= 11 is 3.56. The lowest BCUT2D eigenvalue weighted by Gasteiger charge is -1.93. The second-order valence-corrected chi connectivity index (χ2v) is 5.14. The molecule has 0 fully saturated rings. The molecule has 0 amide bonds. The molecule has 0 unspecified atom stereocenters. The van der Waals surface area contributed by atoms with Crippen molar-refractivity contribution in [3.63, 3.8) is 0 Å². The van der Waals surface area contributed by atoms with E-state index in [2.05, 4.69) is 28.7 Å². The number of hydrogen-bond donors (Lipinski definition) is 1. The minimum Gasteiger partial charge on any atom is -0.499 e. The zero-order valence-electron chi connectivity index (χ0n) is 7.12. The van der Waals surface area contributed by atoms with E-state index in [1.165, 1.54) is 11.3 Å². The van der Waals surface area contributed by atoms with E-state index < -0.39 is 0 Å². The second kappa shape index (κ2) is 3.75. The molecule has 0 atom stereocenters. The molecule has 0 aliphatic carbocycles. The number of benzene rings is 1. The van der Waals surface area contributed by atoms with Gasteiger partial charge in [-0.25, -0.2) is 0 Å². The maximum absolute atomic E-state index is 9.62. The molecule has 14 heavy (non-hydrogen) atoms. The third-order valence-corrected chi connectivity index (χ3v) is 3.66. The molecule has 4 heteroatoms. The lowest BCUT2D eigenvalue weighted by atomic mass is 10.1. The third-order valence-electron chi connectivity index (χ3n) is 1.99. The number of halogens is 1. The summed E-state index contributed by atoms with van der Waals surface area (Å²) in [6.07, 6.45) is 0.270. The SMILES string of the molecule is N#CCc1c(O)sc2cc(I)ccc12. The Kier molecular flexibility index (Phi) is 2.61. The van der Waals surface area contributed by atoms with Crippen LogP contribution in [0.25, 0.3) is 10.1 Å². The molecule has 70 valence electrons. The monoisotopic (exact) mass is 315 g/mol. The van der Waals surface area contributed by atoms with E-state index in [0.717, 1.165) is 19.2 Å². The summed E-state index contributed by atoms with van der Waals surface area (Å²) in [7, 11) is 0. The van der Waals surface area contributed by atoms with Gasteiger partial charge in [0, 0.05) is 19.2 Å². The summed E-state index contributed by atoms with van der Waals surface area (Å²) in [6.45, 7) is 0. The first-order valence-corrected chi connectivity index (χ1v) is 5.88. The van der Waals surface area contributed by atoms with E-state index in [4.69, 9.17) is 5.26 Å². The fourth-order valence-corrected chi connectivity index (χ4v) is 3.06. The van der Waals surface area contributed by atoms with Crippen molar-refractivity contribution in [2.24, 2.45) is 0 Å². The van der Waals surface area contributed by atoms with Crippen molar-refractivity contribution < 1.29 is 5.11 Å². The third kappa shape index (κ3) is 1.57. The van der Waals surface area contributed by atoms with Gasteiger partial charge in [-0.1, -0.05) is 17.4 Å². The van der Waals surface area contributed by atoms with Crippen molar-refractivity contribution in [2.45, 2.75) is 6.42 Å². The summed E-state index contributed by atoms with van der Waals surface area (Å²) in [4.78, 5) is 0. The highest BCUT2D eigenvalue weighted by atomic mass is 127. The van der Waals surface area contributed by atoms with Gasteiger partial charge in [-0.3, -0.25) is 0 Å². The van der Waals surface area contributed by atoms with Crippen LogP contribution in [0.15, 0.2) is 18.2 Å². The molecule has 0 aliphatic rings. The molecule has 2 aromatic rings. The van der Waals surface area contributed by atoms with Gasteiger partial charge in [0.1, 0.15) is 0 Å². The number of nitrogens with zero attached hydrogens (tertiary/aromatic N) is 1. The van der Waals surface area contributed by atoms with Gasteiger partial charge in [0.25, 0.3) is 0 Å². The zero-order chi connectivity index (χ0) is 10.1. The molecule has 1 aromatic carbocycles. The van der Waals surface area contributed by atoms with Gasteiger partial charge in [-0.2, -0.15) is 5.26 Å². The van der Waals surface area contributed by atoms with Crippen LogP contribution in [-0.2, 0) is 6.42 Å². The first-order valence-electron chi connectivity index (χ1n) is 3.99. The van der Waals surface area contributed by atoms with Gasteiger partial charge in [0.2, 0.25) is 0 Å². The Bertz CT molecular complexity index is 527. The number of thiophene rings is 1. The fourth-order valence-electron chi connectivity index (χ4n) is 1.36. The van der Waals surface area contributed by atoms with Crippen molar-refractivity contribution in [2.75, 3.05) is 0 Å². The Labute approximate surface area is 98.9 Å². The van der Waals surface area contributed by atoms with Crippen LogP contribution in [-0.4, -0.2) is 5.11 Å². The standard InChI is InChI=1S/C10H6INOS/c11-6-1-2-7-8(3-4-12)10(13)14-9(7)5-6/h1-2,5,13H,3H2. The highest BCUT2D eigenvalue weighted by Crippen LogP contribution is 2.37. The molecule has 2 nitrogen and oxygen atoms in total. The quantitative estimate of drug-likeness (QED) is 0.821. The molecule has 1 heterocycles. The van der Waals surface area contributed by atoms with Crippen molar-refractivity contribution in [1.82, 2.24) is 0 Å². The highest BCUT2D eigenvalue weighted by molar-refractivity contribution is 14.1. The molecule has 1 N–H and O–H groups in total. The van der Waals surface area contributed by atoms with Crippen LogP contribution in [0, 0.1) is 14.9 Å². The van der Waals surface area contributed by atoms with Crippen LogP contribution in [0.1, 0.15) is 5.56 Å². The Balaban J connectivity index is 2.72. The summed E-state index contributed by atoms with van der Waals surface area (Å²) < 4.78 is 2.18. The van der Waals surface area contributed by atoms with E-state index in [1.807, 2.05) is 18.2 Å². The van der Waals surface area contributed by atoms with Crippen LogP contribution >= 0.6 is 33.9 Å². The minimum atomic E-state index is 0.267. The van der Waals surface area contributed by atoms with Gasteiger partial charge in [-0.15, -0.1) is 0 Å². The first kappa shape index (κ1) is 9.74. The summed E-state index contributed by atoms with van der Waals surface area (Å²) in [5.74, 6) is 0. The predicted molar refractivity (Wildman–Crippen MR) is 65.5 cm³/mol. The Morgan fingerprint density at radius 1 is 1.50 bits per heavy atom. The maximum atomic E-state index is 9.62. The fraction of sp³-hybridized carbons (Fsp3) is 0.100. The predicted octanol–water partition coefficient (Wildman–Crippen LogP) is 3.28. The summed E-state index contributed by atoms with van der Waals surface area (Å²) in [5, 5.41) is 19.5. The van der Waals surface area contributed by atoms with E-state index >= 15 is 0 Å². The van der Waals surface area contributed by atoms with E-state index in [0.29, 0.717) is 0 Å². The minimum absolute atomic E-state index is 0.267. The van der Waals surface area contributed by atoms with Crippen LogP contribution in [0.2, 0.25) is 0 Å². The van der Waals surface area contributed by atoms with E-state index in [-0.39, 0.29) is 11.5 Å². The molecular formula is C10H6INOS. The number of rotatable bonds is 1. The number of aromatic hydroxyl groups is 1. The van der Waals surface area contributed by atoms with E-state index in [9.17, 15) is 5.11 Å². The topological polar surface area (TPSA) is 44.0 Å². The number of nitriles is 1. The van der Waals surface area contributed by atoms with Crippen molar-refractivity contribution in [1.29, 1.82) is 5.26 Å². The number of fused-ring (bicyclic) bond motifs is 1. The Morgan fingerprint density at radius 3 is 3.00 bits per heavy atom. The Hall–Kier alpha value is -0.800. The van der Waals surface area contributed by atoms with Gasteiger partial charge < -0.3 is 5.11 Å². The van der Waals surface area contributed by atoms with Crippen LogP contribution in [0.4, 0.5) is 0 Å².